The highest BCUT2D eigenvalue weighted by molar-refractivity contribution is 6.30. The second kappa shape index (κ2) is 8.60. The first-order chi connectivity index (χ1) is 13.8. The molecule has 0 saturated carbocycles. The molecule has 3 aromatic carbocycles. The number of hydrazone groups is 1. The molecule has 5 heteroatoms. The summed E-state index contributed by atoms with van der Waals surface area (Å²) in [7, 11) is 0. The van der Waals surface area contributed by atoms with E-state index in [1.54, 1.807) is 43.3 Å². The molecule has 1 amide bonds. The maximum Gasteiger partial charge on any atom is 0.281 e. The predicted molar refractivity (Wildman–Crippen MR) is 117 cm³/mol. The molecule has 2 N–H and O–H groups in total. The van der Waals surface area contributed by atoms with Crippen molar-refractivity contribution in [3.63, 3.8) is 0 Å². The van der Waals surface area contributed by atoms with Crippen molar-refractivity contribution in [2.75, 3.05) is 0 Å². The zero-order chi connectivity index (χ0) is 21.0. The van der Waals surface area contributed by atoms with Crippen molar-refractivity contribution in [2.45, 2.75) is 26.4 Å². The van der Waals surface area contributed by atoms with Gasteiger partial charge >= 0.3 is 0 Å². The van der Waals surface area contributed by atoms with Crippen molar-refractivity contribution in [3.8, 4) is 0 Å². The highest BCUT2D eigenvalue weighted by Crippen LogP contribution is 2.30. The Morgan fingerprint density at radius 3 is 1.76 bits per heavy atom. The SMILES string of the molecule is CC(=NNC(=O)C(O)(c1ccc(C)cc1)c1ccc(C)cc1)c1ccc(Cl)cc1. The molecule has 0 aromatic heterocycles. The number of carbonyl (C=O) groups excluding carboxylic acids is 1. The van der Waals surface area contributed by atoms with E-state index in [0.717, 1.165) is 16.7 Å². The number of rotatable bonds is 5. The molecule has 0 radical (unpaired) electrons. The Morgan fingerprint density at radius 2 is 1.31 bits per heavy atom. The highest BCUT2D eigenvalue weighted by atomic mass is 35.5. The van der Waals surface area contributed by atoms with Gasteiger partial charge in [0, 0.05) is 5.02 Å². The van der Waals surface area contributed by atoms with Gasteiger partial charge in [-0.25, -0.2) is 5.43 Å². The molecule has 0 spiro atoms. The Bertz CT molecular complexity index is 978. The minimum Gasteiger partial charge on any atom is -0.372 e. The van der Waals surface area contributed by atoms with Crippen LogP contribution in [0.3, 0.4) is 0 Å². The molecule has 0 saturated heterocycles. The molecular formula is C24H23ClN2O2. The molecule has 3 aromatic rings. The molecule has 0 aliphatic carbocycles. The predicted octanol–water partition coefficient (Wildman–Crippen LogP) is 4.73. The number of aryl methyl sites for hydroxylation is 2. The number of nitrogens with one attached hydrogen (secondary N) is 1. The lowest BCUT2D eigenvalue weighted by molar-refractivity contribution is -0.136. The third-order valence-electron chi connectivity index (χ3n) is 4.85. The largest absolute Gasteiger partial charge is 0.372 e. The minimum atomic E-state index is -1.87. The Morgan fingerprint density at radius 1 is 0.862 bits per heavy atom. The van der Waals surface area contributed by atoms with Gasteiger partial charge in [-0.3, -0.25) is 4.79 Å². The summed E-state index contributed by atoms with van der Waals surface area (Å²) in [6.07, 6.45) is 0. The van der Waals surface area contributed by atoms with Crippen LogP contribution in [0.25, 0.3) is 0 Å². The van der Waals surface area contributed by atoms with Crippen LogP contribution in [0.2, 0.25) is 5.02 Å². The van der Waals surface area contributed by atoms with Gasteiger partial charge in [-0.05, 0) is 49.6 Å². The monoisotopic (exact) mass is 406 g/mol. The third-order valence-corrected chi connectivity index (χ3v) is 5.11. The zero-order valence-corrected chi connectivity index (χ0v) is 17.4. The lowest BCUT2D eigenvalue weighted by atomic mass is 9.85. The van der Waals surface area contributed by atoms with Gasteiger partial charge in [0.25, 0.3) is 5.91 Å². The third kappa shape index (κ3) is 4.56. The van der Waals surface area contributed by atoms with E-state index < -0.39 is 11.5 Å². The van der Waals surface area contributed by atoms with Crippen LogP contribution in [-0.4, -0.2) is 16.7 Å². The molecule has 0 aliphatic rings. The summed E-state index contributed by atoms with van der Waals surface area (Å²) in [4.78, 5) is 13.1. The summed E-state index contributed by atoms with van der Waals surface area (Å²) < 4.78 is 0. The molecule has 0 bridgehead atoms. The molecule has 0 fully saturated rings. The van der Waals surface area contributed by atoms with Crippen molar-refractivity contribution in [1.82, 2.24) is 5.43 Å². The second-order valence-electron chi connectivity index (χ2n) is 7.09. The first-order valence-electron chi connectivity index (χ1n) is 9.28. The van der Waals surface area contributed by atoms with Crippen LogP contribution in [-0.2, 0) is 10.4 Å². The number of amides is 1. The lowest BCUT2D eigenvalue weighted by Crippen LogP contribution is -2.44. The van der Waals surface area contributed by atoms with E-state index in [0.29, 0.717) is 21.9 Å². The fraction of sp³-hybridized carbons (Fsp3) is 0.167. The van der Waals surface area contributed by atoms with E-state index in [9.17, 15) is 9.90 Å². The molecule has 148 valence electrons. The fourth-order valence-electron chi connectivity index (χ4n) is 2.99. The van der Waals surface area contributed by atoms with Crippen molar-refractivity contribution in [1.29, 1.82) is 0 Å². The van der Waals surface area contributed by atoms with Crippen molar-refractivity contribution in [3.05, 3.63) is 106 Å². The van der Waals surface area contributed by atoms with E-state index in [2.05, 4.69) is 10.5 Å². The highest BCUT2D eigenvalue weighted by Gasteiger charge is 2.40. The smallest absolute Gasteiger partial charge is 0.281 e. The second-order valence-corrected chi connectivity index (χ2v) is 7.52. The molecule has 0 heterocycles. The van der Waals surface area contributed by atoms with Crippen LogP contribution in [0, 0.1) is 13.8 Å². The van der Waals surface area contributed by atoms with Gasteiger partial charge in [-0.2, -0.15) is 5.10 Å². The van der Waals surface area contributed by atoms with Crippen molar-refractivity contribution in [2.24, 2.45) is 5.10 Å². The van der Waals surface area contributed by atoms with Crippen LogP contribution >= 0.6 is 11.6 Å². The Labute approximate surface area is 175 Å². The average molecular weight is 407 g/mol. The van der Waals surface area contributed by atoms with Crippen LogP contribution in [0.5, 0.6) is 0 Å². The van der Waals surface area contributed by atoms with Crippen LogP contribution in [0.15, 0.2) is 77.9 Å². The Kier molecular flexibility index (Phi) is 6.16. The van der Waals surface area contributed by atoms with Gasteiger partial charge in [0.15, 0.2) is 5.60 Å². The zero-order valence-electron chi connectivity index (χ0n) is 16.6. The lowest BCUT2D eigenvalue weighted by Gasteiger charge is -2.27. The fourth-order valence-corrected chi connectivity index (χ4v) is 3.12. The van der Waals surface area contributed by atoms with Gasteiger partial charge in [-0.1, -0.05) is 83.4 Å². The summed E-state index contributed by atoms with van der Waals surface area (Å²) in [6, 6.07) is 21.6. The molecule has 0 aliphatic heterocycles. The average Bonchev–Trinajstić information content (AvgIpc) is 2.72. The topological polar surface area (TPSA) is 61.7 Å². The normalized spacial score (nSPS) is 12.0. The van der Waals surface area contributed by atoms with E-state index in [1.165, 1.54) is 0 Å². The number of benzene rings is 3. The van der Waals surface area contributed by atoms with Gasteiger partial charge in [0.2, 0.25) is 0 Å². The maximum absolute atomic E-state index is 13.1. The summed E-state index contributed by atoms with van der Waals surface area (Å²) in [5.41, 5.74) is 5.11. The Hall–Kier alpha value is -2.95. The van der Waals surface area contributed by atoms with Gasteiger partial charge in [-0.15, -0.1) is 0 Å². The van der Waals surface area contributed by atoms with Crippen molar-refractivity contribution < 1.29 is 9.90 Å². The molecule has 0 unspecified atom stereocenters. The van der Waals surface area contributed by atoms with E-state index >= 15 is 0 Å². The van der Waals surface area contributed by atoms with Gasteiger partial charge < -0.3 is 5.11 Å². The maximum atomic E-state index is 13.1. The number of hydrogen-bond acceptors (Lipinski definition) is 3. The van der Waals surface area contributed by atoms with Crippen LogP contribution in [0.4, 0.5) is 0 Å². The molecule has 3 rings (SSSR count). The summed E-state index contributed by atoms with van der Waals surface area (Å²) in [5.74, 6) is -0.626. The number of carbonyl (C=O) groups is 1. The summed E-state index contributed by atoms with van der Waals surface area (Å²) in [5, 5.41) is 16.3. The summed E-state index contributed by atoms with van der Waals surface area (Å²) in [6.45, 7) is 5.68. The number of halogens is 1. The quantitative estimate of drug-likeness (QED) is 0.475. The standard InChI is InChI=1S/C24H23ClN2O2/c1-16-4-10-20(11-5-16)24(29,21-12-6-17(2)7-13-21)23(28)27-26-18(3)19-8-14-22(25)15-9-19/h4-15,29H,1-3H3,(H,27,28). The molecule has 4 nitrogen and oxygen atoms in total. The Balaban J connectivity index is 1.96. The number of hydrogen-bond donors (Lipinski definition) is 2. The first-order valence-corrected chi connectivity index (χ1v) is 9.66. The van der Waals surface area contributed by atoms with E-state index in [1.807, 2.05) is 50.2 Å². The van der Waals surface area contributed by atoms with E-state index in [-0.39, 0.29) is 0 Å². The van der Waals surface area contributed by atoms with Crippen LogP contribution in [0.1, 0.15) is 34.7 Å². The number of aliphatic hydroxyl groups is 1. The van der Waals surface area contributed by atoms with Crippen LogP contribution < -0.4 is 5.43 Å². The minimum absolute atomic E-state index is 0.476. The summed E-state index contributed by atoms with van der Waals surface area (Å²) >= 11 is 5.92. The molecule has 29 heavy (non-hydrogen) atoms. The molecular weight excluding hydrogens is 384 g/mol. The van der Waals surface area contributed by atoms with Gasteiger partial charge in [0.1, 0.15) is 0 Å². The van der Waals surface area contributed by atoms with Crippen molar-refractivity contribution >= 4 is 23.2 Å². The molecule has 0 atom stereocenters. The van der Waals surface area contributed by atoms with E-state index in [4.69, 9.17) is 11.6 Å². The number of nitrogens with zero attached hydrogens (tertiary/aromatic N) is 1. The first kappa shape index (κ1) is 20.8. The van der Waals surface area contributed by atoms with Gasteiger partial charge in [0.05, 0.1) is 5.71 Å².